The third-order valence-corrected chi connectivity index (χ3v) is 3.91. The van der Waals surface area contributed by atoms with Crippen LogP contribution in [0.2, 0.25) is 0 Å². The Balaban J connectivity index is 1.61. The van der Waals surface area contributed by atoms with Crippen molar-refractivity contribution in [1.29, 1.82) is 0 Å². The molecule has 0 atom stereocenters. The fourth-order valence-corrected chi connectivity index (χ4v) is 2.39. The number of nitrogens with zero attached hydrogens (tertiary/aromatic N) is 1. The van der Waals surface area contributed by atoms with Gasteiger partial charge in [0.15, 0.2) is 0 Å². The number of hydrogen-bond donors (Lipinski definition) is 2. The lowest BCUT2D eigenvalue weighted by Gasteiger charge is -2.08. The van der Waals surface area contributed by atoms with E-state index in [4.69, 9.17) is 0 Å². The van der Waals surface area contributed by atoms with Crippen LogP contribution in [0.15, 0.2) is 48.5 Å². The van der Waals surface area contributed by atoms with Gasteiger partial charge in [0, 0.05) is 35.8 Å². The van der Waals surface area contributed by atoms with Crippen LogP contribution in [0.5, 0.6) is 0 Å². The van der Waals surface area contributed by atoms with Crippen molar-refractivity contribution in [3.05, 3.63) is 69.8 Å². The van der Waals surface area contributed by atoms with Crippen molar-refractivity contribution in [2.75, 3.05) is 5.32 Å². The third-order valence-electron chi connectivity index (χ3n) is 3.91. The fraction of sp³-hybridized carbons (Fsp3) is 0.222. The van der Waals surface area contributed by atoms with E-state index < -0.39 is 10.8 Å². The number of nitro benzene ring substituents is 1. The summed E-state index contributed by atoms with van der Waals surface area (Å²) in [5, 5.41) is 16.4. The number of nitro groups is 1. The first-order valence-electron chi connectivity index (χ1n) is 7.95. The van der Waals surface area contributed by atoms with Crippen LogP contribution in [-0.2, 0) is 11.3 Å². The Morgan fingerprint density at radius 3 is 2.60 bits per heavy atom. The van der Waals surface area contributed by atoms with Gasteiger partial charge in [-0.05, 0) is 36.6 Å². The van der Waals surface area contributed by atoms with E-state index in [9.17, 15) is 19.7 Å². The van der Waals surface area contributed by atoms with Crippen molar-refractivity contribution in [3.63, 3.8) is 0 Å². The highest BCUT2D eigenvalue weighted by Crippen LogP contribution is 2.30. The van der Waals surface area contributed by atoms with Crippen molar-refractivity contribution < 1.29 is 14.5 Å². The zero-order valence-corrected chi connectivity index (χ0v) is 13.4. The summed E-state index contributed by atoms with van der Waals surface area (Å²) in [7, 11) is 0. The van der Waals surface area contributed by atoms with Crippen molar-refractivity contribution in [1.82, 2.24) is 5.32 Å². The number of carbonyl (C=O) groups excluding carboxylic acids is 2. The first kappa shape index (κ1) is 16.6. The molecule has 128 valence electrons. The van der Waals surface area contributed by atoms with Crippen molar-refractivity contribution in [2.45, 2.75) is 19.4 Å². The molecule has 0 bridgehead atoms. The standard InChI is InChI=1S/C18H17N3O4/c22-17(14-4-2-6-16(10-14)21(24)25)19-11-12-3-1-5-15(9-12)20-18(23)13-7-8-13/h1-6,9-10,13H,7-8,11H2,(H,19,22)(H,20,23). The Kier molecular flexibility index (Phi) is 4.74. The molecule has 0 spiro atoms. The molecule has 2 aromatic carbocycles. The largest absolute Gasteiger partial charge is 0.348 e. The molecule has 2 aromatic rings. The lowest BCUT2D eigenvalue weighted by atomic mass is 10.1. The topological polar surface area (TPSA) is 101 Å². The molecule has 25 heavy (non-hydrogen) atoms. The monoisotopic (exact) mass is 339 g/mol. The van der Waals surface area contributed by atoms with Crippen LogP contribution in [0.25, 0.3) is 0 Å². The Morgan fingerprint density at radius 2 is 1.88 bits per heavy atom. The molecule has 0 saturated heterocycles. The molecule has 2 amide bonds. The smallest absolute Gasteiger partial charge is 0.270 e. The van der Waals surface area contributed by atoms with Gasteiger partial charge in [0.1, 0.15) is 0 Å². The number of benzene rings is 2. The Labute approximate surface area is 144 Å². The molecule has 3 rings (SSSR count). The van der Waals surface area contributed by atoms with E-state index in [-0.39, 0.29) is 29.6 Å². The second kappa shape index (κ2) is 7.12. The van der Waals surface area contributed by atoms with Gasteiger partial charge in [0.05, 0.1) is 4.92 Å². The molecular weight excluding hydrogens is 322 g/mol. The molecular formula is C18H17N3O4. The second-order valence-electron chi connectivity index (χ2n) is 5.95. The van der Waals surface area contributed by atoms with Crippen LogP contribution in [-0.4, -0.2) is 16.7 Å². The van der Waals surface area contributed by atoms with Crippen molar-refractivity contribution >= 4 is 23.2 Å². The van der Waals surface area contributed by atoms with Crippen LogP contribution in [0.4, 0.5) is 11.4 Å². The first-order chi connectivity index (χ1) is 12.0. The lowest BCUT2D eigenvalue weighted by Crippen LogP contribution is -2.23. The van der Waals surface area contributed by atoms with E-state index in [1.54, 1.807) is 18.2 Å². The first-order valence-corrected chi connectivity index (χ1v) is 7.95. The summed E-state index contributed by atoms with van der Waals surface area (Å²) < 4.78 is 0. The molecule has 1 saturated carbocycles. The van der Waals surface area contributed by atoms with Gasteiger partial charge in [-0.3, -0.25) is 19.7 Å². The van der Waals surface area contributed by atoms with Gasteiger partial charge in [0.2, 0.25) is 5.91 Å². The van der Waals surface area contributed by atoms with Gasteiger partial charge >= 0.3 is 0 Å². The maximum atomic E-state index is 12.1. The molecule has 1 fully saturated rings. The van der Waals surface area contributed by atoms with Crippen LogP contribution < -0.4 is 10.6 Å². The van der Waals surface area contributed by atoms with Gasteiger partial charge < -0.3 is 10.6 Å². The molecule has 2 N–H and O–H groups in total. The molecule has 0 unspecified atom stereocenters. The Morgan fingerprint density at radius 1 is 1.12 bits per heavy atom. The summed E-state index contributed by atoms with van der Waals surface area (Å²) in [5.41, 5.74) is 1.62. The summed E-state index contributed by atoms with van der Waals surface area (Å²) in [6.45, 7) is 0.259. The summed E-state index contributed by atoms with van der Waals surface area (Å²) in [4.78, 5) is 34.2. The van der Waals surface area contributed by atoms with Crippen LogP contribution in [0.1, 0.15) is 28.8 Å². The highest BCUT2D eigenvalue weighted by Gasteiger charge is 2.29. The van der Waals surface area contributed by atoms with Gasteiger partial charge in [-0.1, -0.05) is 18.2 Å². The summed E-state index contributed by atoms with van der Waals surface area (Å²) in [6.07, 6.45) is 1.87. The predicted octanol–water partition coefficient (Wildman–Crippen LogP) is 2.87. The number of hydrogen-bond acceptors (Lipinski definition) is 4. The minimum Gasteiger partial charge on any atom is -0.348 e. The molecule has 1 aliphatic rings. The highest BCUT2D eigenvalue weighted by atomic mass is 16.6. The molecule has 7 nitrogen and oxygen atoms in total. The number of rotatable bonds is 6. The van der Waals surface area contributed by atoms with E-state index in [0.29, 0.717) is 5.69 Å². The van der Waals surface area contributed by atoms with Gasteiger partial charge in [0.25, 0.3) is 11.6 Å². The van der Waals surface area contributed by atoms with E-state index in [1.807, 2.05) is 6.07 Å². The van der Waals surface area contributed by atoms with Crippen molar-refractivity contribution in [2.24, 2.45) is 5.92 Å². The van der Waals surface area contributed by atoms with E-state index >= 15 is 0 Å². The van der Waals surface area contributed by atoms with Crippen LogP contribution in [0, 0.1) is 16.0 Å². The Hall–Kier alpha value is -3.22. The lowest BCUT2D eigenvalue weighted by molar-refractivity contribution is -0.384. The minimum absolute atomic E-state index is 0.0257. The average molecular weight is 339 g/mol. The molecule has 0 radical (unpaired) electrons. The maximum absolute atomic E-state index is 12.1. The predicted molar refractivity (Wildman–Crippen MR) is 92.1 cm³/mol. The number of non-ortho nitro benzene ring substituents is 1. The molecule has 1 aliphatic carbocycles. The van der Waals surface area contributed by atoms with Gasteiger partial charge in [-0.15, -0.1) is 0 Å². The Bertz CT molecular complexity index is 831. The van der Waals surface area contributed by atoms with Gasteiger partial charge in [-0.2, -0.15) is 0 Å². The highest BCUT2D eigenvalue weighted by molar-refractivity contribution is 5.95. The normalized spacial score (nSPS) is 13.1. The van der Waals surface area contributed by atoms with Crippen LogP contribution in [0.3, 0.4) is 0 Å². The summed E-state index contributed by atoms with van der Waals surface area (Å²) in [6, 6.07) is 12.8. The SMILES string of the molecule is O=C(NCc1cccc(NC(=O)C2CC2)c1)c1cccc([N+](=O)[O-])c1. The number of anilines is 1. The van der Waals surface area contributed by atoms with Gasteiger partial charge in [-0.25, -0.2) is 0 Å². The summed E-state index contributed by atoms with van der Waals surface area (Å²) in [5.74, 6) is -0.244. The zero-order chi connectivity index (χ0) is 17.8. The number of nitrogens with one attached hydrogen (secondary N) is 2. The quantitative estimate of drug-likeness (QED) is 0.624. The van der Waals surface area contributed by atoms with Crippen LogP contribution >= 0.6 is 0 Å². The number of amides is 2. The number of carbonyl (C=O) groups is 2. The third kappa shape index (κ3) is 4.41. The van der Waals surface area contributed by atoms with E-state index in [2.05, 4.69) is 10.6 Å². The zero-order valence-electron chi connectivity index (χ0n) is 13.4. The molecule has 7 heteroatoms. The average Bonchev–Trinajstić information content (AvgIpc) is 3.45. The van der Waals surface area contributed by atoms with Crippen molar-refractivity contribution in [3.8, 4) is 0 Å². The second-order valence-corrected chi connectivity index (χ2v) is 5.95. The minimum atomic E-state index is -0.539. The molecule has 0 heterocycles. The maximum Gasteiger partial charge on any atom is 0.270 e. The molecule has 0 aromatic heterocycles. The summed E-state index contributed by atoms with van der Waals surface area (Å²) >= 11 is 0. The molecule has 0 aliphatic heterocycles. The fourth-order valence-electron chi connectivity index (χ4n) is 2.39. The van der Waals surface area contributed by atoms with E-state index in [0.717, 1.165) is 18.4 Å². The van der Waals surface area contributed by atoms with E-state index in [1.165, 1.54) is 24.3 Å².